The largest absolute Gasteiger partial charge is 0.507 e. The molecule has 4 aromatic carbocycles. The number of aromatic hydroxyl groups is 1. The van der Waals surface area contributed by atoms with Crippen LogP contribution in [0.4, 0.5) is 10.1 Å². The van der Waals surface area contributed by atoms with Crippen LogP contribution in [0.15, 0.2) is 83.9 Å². The second kappa shape index (κ2) is 10.0. The first-order valence-corrected chi connectivity index (χ1v) is 13.9. The summed E-state index contributed by atoms with van der Waals surface area (Å²) in [6.45, 7) is 13.3. The summed E-state index contributed by atoms with van der Waals surface area (Å²) in [6, 6.07) is 25.2. The number of aliphatic imine (C=N–C) groups is 1. The Kier molecular flexibility index (Phi) is 6.90. The van der Waals surface area contributed by atoms with E-state index in [1.165, 1.54) is 35.5 Å². The lowest BCUT2D eigenvalue weighted by atomic mass is 9.84. The zero-order valence-corrected chi connectivity index (χ0v) is 24.0. The molecular weight excluding hydrogens is 503 g/mol. The van der Waals surface area contributed by atoms with Crippen LogP contribution < -0.4 is 0 Å². The zero-order chi connectivity index (χ0) is 27.9. The van der Waals surface area contributed by atoms with Crippen molar-refractivity contribution in [3.05, 3.63) is 101 Å². The Morgan fingerprint density at radius 2 is 1.49 bits per heavy atom. The third kappa shape index (κ3) is 5.50. The van der Waals surface area contributed by atoms with Gasteiger partial charge in [0.1, 0.15) is 16.6 Å². The molecule has 0 aliphatic heterocycles. The van der Waals surface area contributed by atoms with Gasteiger partial charge in [0, 0.05) is 17.3 Å². The molecule has 1 heterocycles. The highest BCUT2D eigenvalue weighted by atomic mass is 32.1. The summed E-state index contributed by atoms with van der Waals surface area (Å²) in [5.74, 6) is -0.666. The summed E-state index contributed by atoms with van der Waals surface area (Å²) >= 11 is 1.63. The molecule has 3 nitrogen and oxygen atoms in total. The molecule has 1 N–H and O–H groups in total. The molecule has 0 fully saturated rings. The second-order valence-corrected chi connectivity index (χ2v) is 12.9. The predicted octanol–water partition coefficient (Wildman–Crippen LogP) is 9.82. The highest BCUT2D eigenvalue weighted by Crippen LogP contribution is 2.42. The Bertz CT molecular complexity index is 1670. The Morgan fingerprint density at radius 3 is 2.15 bits per heavy atom. The van der Waals surface area contributed by atoms with E-state index in [1.807, 2.05) is 24.3 Å². The van der Waals surface area contributed by atoms with E-state index < -0.39 is 5.82 Å². The van der Waals surface area contributed by atoms with Gasteiger partial charge in [-0.05, 0) is 63.9 Å². The minimum Gasteiger partial charge on any atom is -0.507 e. The molecule has 0 aliphatic carbocycles. The topological polar surface area (TPSA) is 45.5 Å². The number of benzene rings is 4. The van der Waals surface area contributed by atoms with E-state index in [4.69, 9.17) is 4.98 Å². The van der Waals surface area contributed by atoms with Gasteiger partial charge >= 0.3 is 0 Å². The first-order valence-electron chi connectivity index (χ1n) is 13.1. The van der Waals surface area contributed by atoms with Gasteiger partial charge < -0.3 is 5.11 Å². The van der Waals surface area contributed by atoms with Crippen molar-refractivity contribution in [1.29, 1.82) is 0 Å². The fourth-order valence-electron chi connectivity index (χ4n) is 4.50. The molecule has 0 saturated carbocycles. The SMILES string of the molecule is CC(C)(C)c1ccc(-c2cc(C(C)(C)C)cc3sc(-c4ccccc4N=Cc4c(O)cccc4F)nc23)cc1. The average Bonchev–Trinajstić information content (AvgIpc) is 3.31. The maximum absolute atomic E-state index is 14.3. The molecular formula is C34H33FN2OS. The van der Waals surface area contributed by atoms with E-state index in [0.717, 1.165) is 31.9 Å². The number of aromatic nitrogens is 1. The van der Waals surface area contributed by atoms with Crippen molar-refractivity contribution in [1.82, 2.24) is 4.98 Å². The fraction of sp³-hybridized carbons (Fsp3) is 0.235. The first kappa shape index (κ1) is 26.8. The van der Waals surface area contributed by atoms with Gasteiger partial charge in [-0.1, -0.05) is 84.0 Å². The quantitative estimate of drug-likeness (QED) is 0.232. The van der Waals surface area contributed by atoms with Crippen molar-refractivity contribution in [3.8, 4) is 27.4 Å². The van der Waals surface area contributed by atoms with Crippen molar-refractivity contribution in [2.75, 3.05) is 0 Å². The Morgan fingerprint density at radius 1 is 0.795 bits per heavy atom. The van der Waals surface area contributed by atoms with Crippen LogP contribution in [0.25, 0.3) is 31.9 Å². The summed E-state index contributed by atoms with van der Waals surface area (Å²) in [5, 5.41) is 10.9. The number of fused-ring (bicyclic) bond motifs is 1. The van der Waals surface area contributed by atoms with Crippen molar-refractivity contribution < 1.29 is 9.50 Å². The number of nitrogens with zero attached hydrogens (tertiary/aromatic N) is 2. The number of halogens is 1. The number of phenolic OH excluding ortho intramolecular Hbond substituents is 1. The Labute approximate surface area is 233 Å². The number of hydrogen-bond acceptors (Lipinski definition) is 4. The van der Waals surface area contributed by atoms with E-state index >= 15 is 0 Å². The van der Waals surface area contributed by atoms with Crippen LogP contribution in [-0.2, 0) is 10.8 Å². The van der Waals surface area contributed by atoms with E-state index in [9.17, 15) is 9.50 Å². The molecule has 39 heavy (non-hydrogen) atoms. The van der Waals surface area contributed by atoms with E-state index in [0.29, 0.717) is 5.69 Å². The highest BCUT2D eigenvalue weighted by Gasteiger charge is 2.21. The van der Waals surface area contributed by atoms with Crippen molar-refractivity contribution in [2.45, 2.75) is 52.4 Å². The van der Waals surface area contributed by atoms with Crippen LogP contribution in [0.3, 0.4) is 0 Å². The van der Waals surface area contributed by atoms with Gasteiger partial charge in [0.15, 0.2) is 0 Å². The summed E-state index contributed by atoms with van der Waals surface area (Å²) < 4.78 is 15.4. The highest BCUT2D eigenvalue weighted by molar-refractivity contribution is 7.21. The molecule has 0 unspecified atom stereocenters. The lowest BCUT2D eigenvalue weighted by Crippen LogP contribution is -2.11. The minimum absolute atomic E-state index is 0.0254. The molecule has 0 saturated heterocycles. The molecule has 198 valence electrons. The second-order valence-electron chi connectivity index (χ2n) is 11.9. The third-order valence-electron chi connectivity index (χ3n) is 6.92. The van der Waals surface area contributed by atoms with Crippen LogP contribution >= 0.6 is 11.3 Å². The van der Waals surface area contributed by atoms with Crippen molar-refractivity contribution >= 4 is 33.5 Å². The van der Waals surface area contributed by atoms with Crippen LogP contribution in [0.1, 0.15) is 58.2 Å². The molecule has 0 spiro atoms. The van der Waals surface area contributed by atoms with Crippen LogP contribution in [0.5, 0.6) is 5.75 Å². The molecule has 0 amide bonds. The molecule has 0 bridgehead atoms. The zero-order valence-electron chi connectivity index (χ0n) is 23.2. The smallest absolute Gasteiger partial charge is 0.135 e. The summed E-state index contributed by atoms with van der Waals surface area (Å²) in [4.78, 5) is 9.68. The number of phenols is 1. The Hall–Kier alpha value is -3.83. The monoisotopic (exact) mass is 536 g/mol. The van der Waals surface area contributed by atoms with Crippen molar-refractivity contribution in [2.24, 2.45) is 4.99 Å². The molecule has 0 aliphatic rings. The Balaban J connectivity index is 1.65. The van der Waals surface area contributed by atoms with E-state index in [-0.39, 0.29) is 22.1 Å². The number of thiazole rings is 1. The predicted molar refractivity (Wildman–Crippen MR) is 163 cm³/mol. The van der Waals surface area contributed by atoms with Crippen LogP contribution in [0, 0.1) is 5.82 Å². The maximum atomic E-state index is 14.3. The van der Waals surface area contributed by atoms with E-state index in [2.05, 4.69) is 82.9 Å². The molecule has 5 aromatic rings. The standard InChI is InChI=1S/C34H33FN2OS/c1-33(2,3)22-16-14-21(15-17-22)25-18-23(34(4,5)6)19-30-31(25)37-32(39-30)24-10-7-8-12-28(24)36-20-26-27(35)11-9-13-29(26)38/h7-20,38H,1-6H3. The molecule has 0 atom stereocenters. The van der Waals surface area contributed by atoms with Crippen molar-refractivity contribution in [3.63, 3.8) is 0 Å². The lowest BCUT2D eigenvalue weighted by Gasteiger charge is -2.21. The van der Waals surface area contributed by atoms with Gasteiger partial charge in [-0.3, -0.25) is 4.99 Å². The number of rotatable bonds is 4. The van der Waals surface area contributed by atoms with Gasteiger partial charge in [-0.2, -0.15) is 0 Å². The summed E-state index contributed by atoms with van der Waals surface area (Å²) in [7, 11) is 0. The maximum Gasteiger partial charge on any atom is 0.135 e. The third-order valence-corrected chi connectivity index (χ3v) is 7.96. The molecule has 5 rings (SSSR count). The van der Waals surface area contributed by atoms with E-state index in [1.54, 1.807) is 11.3 Å². The molecule has 0 radical (unpaired) electrons. The average molecular weight is 537 g/mol. The molecule has 1 aromatic heterocycles. The number of para-hydroxylation sites is 1. The first-order chi connectivity index (χ1) is 18.4. The number of hydrogen-bond donors (Lipinski definition) is 1. The summed E-state index contributed by atoms with van der Waals surface area (Å²) in [6.07, 6.45) is 1.37. The lowest BCUT2D eigenvalue weighted by molar-refractivity contribution is 0.468. The summed E-state index contributed by atoms with van der Waals surface area (Å²) in [5.41, 5.74) is 7.38. The van der Waals surface area contributed by atoms with Crippen LogP contribution in [-0.4, -0.2) is 16.3 Å². The normalized spacial score (nSPS) is 12.5. The fourth-order valence-corrected chi connectivity index (χ4v) is 5.57. The van der Waals surface area contributed by atoms with Gasteiger partial charge in [-0.15, -0.1) is 11.3 Å². The van der Waals surface area contributed by atoms with Gasteiger partial charge in [0.25, 0.3) is 0 Å². The van der Waals surface area contributed by atoms with Gasteiger partial charge in [-0.25, -0.2) is 9.37 Å². The van der Waals surface area contributed by atoms with Crippen LogP contribution in [0.2, 0.25) is 0 Å². The van der Waals surface area contributed by atoms with Gasteiger partial charge in [0.05, 0.1) is 21.5 Å². The minimum atomic E-state index is -0.520. The molecule has 5 heteroatoms. The van der Waals surface area contributed by atoms with Gasteiger partial charge in [0.2, 0.25) is 0 Å².